The first-order valence-electron chi connectivity index (χ1n) is 6.17. The Morgan fingerprint density at radius 3 is 2.55 bits per heavy atom. The lowest BCUT2D eigenvalue weighted by atomic mass is 10.1. The van der Waals surface area contributed by atoms with Gasteiger partial charge in [-0.1, -0.05) is 12.1 Å². The summed E-state index contributed by atoms with van der Waals surface area (Å²) in [6, 6.07) is 6.72. The Labute approximate surface area is 118 Å². The Morgan fingerprint density at radius 2 is 1.95 bits per heavy atom. The van der Waals surface area contributed by atoms with E-state index >= 15 is 0 Å². The van der Waals surface area contributed by atoms with E-state index in [1.54, 1.807) is 50.5 Å². The van der Waals surface area contributed by atoms with E-state index in [1.807, 2.05) is 0 Å². The van der Waals surface area contributed by atoms with E-state index in [-0.39, 0.29) is 4.90 Å². The number of anilines is 1. The fourth-order valence-electron chi connectivity index (χ4n) is 1.93. The molecule has 5 nitrogen and oxygen atoms in total. The van der Waals surface area contributed by atoms with Gasteiger partial charge >= 0.3 is 0 Å². The van der Waals surface area contributed by atoms with Gasteiger partial charge in [0, 0.05) is 18.9 Å². The number of rotatable bonds is 4. The van der Waals surface area contributed by atoms with Crippen molar-refractivity contribution in [3.8, 4) is 0 Å². The van der Waals surface area contributed by atoms with E-state index < -0.39 is 10.0 Å². The van der Waals surface area contributed by atoms with Gasteiger partial charge in [-0.05, 0) is 42.7 Å². The van der Waals surface area contributed by atoms with E-state index in [0.29, 0.717) is 17.8 Å². The van der Waals surface area contributed by atoms with Crippen molar-refractivity contribution < 1.29 is 8.42 Å². The van der Waals surface area contributed by atoms with Crippen molar-refractivity contribution in [1.29, 1.82) is 0 Å². The van der Waals surface area contributed by atoms with Crippen molar-refractivity contribution >= 4 is 15.7 Å². The number of aryl methyl sites for hydroxylation is 2. The van der Waals surface area contributed by atoms with E-state index in [1.165, 1.54) is 0 Å². The smallest absolute Gasteiger partial charge is 0.262 e. The van der Waals surface area contributed by atoms with Crippen LogP contribution in [0.5, 0.6) is 0 Å². The highest BCUT2D eigenvalue weighted by Gasteiger charge is 2.17. The summed E-state index contributed by atoms with van der Waals surface area (Å²) >= 11 is 0. The second-order valence-electron chi connectivity index (χ2n) is 4.60. The Bertz CT molecular complexity index is 727. The summed E-state index contributed by atoms with van der Waals surface area (Å²) in [6.45, 7) is 3.94. The van der Waals surface area contributed by atoms with Gasteiger partial charge < -0.3 is 5.73 Å². The number of aromatic nitrogens is 1. The number of nitrogens with one attached hydrogen (secondary N) is 1. The largest absolute Gasteiger partial charge is 0.326 e. The molecule has 0 radical (unpaired) electrons. The normalized spacial score (nSPS) is 11.3. The fraction of sp³-hybridized carbons (Fsp3) is 0.214. The molecule has 20 heavy (non-hydrogen) atoms. The summed E-state index contributed by atoms with van der Waals surface area (Å²) in [6.07, 6.45) is 3.16. The highest BCUT2D eigenvalue weighted by atomic mass is 32.2. The monoisotopic (exact) mass is 291 g/mol. The van der Waals surface area contributed by atoms with Crippen molar-refractivity contribution in [2.45, 2.75) is 25.3 Å². The van der Waals surface area contributed by atoms with Crippen LogP contribution in [0.4, 0.5) is 5.69 Å². The first kappa shape index (κ1) is 14.5. The lowest BCUT2D eigenvalue weighted by Crippen LogP contribution is -2.15. The van der Waals surface area contributed by atoms with Crippen LogP contribution >= 0.6 is 0 Å². The van der Waals surface area contributed by atoms with E-state index in [9.17, 15) is 8.42 Å². The van der Waals surface area contributed by atoms with Crippen LogP contribution < -0.4 is 10.5 Å². The van der Waals surface area contributed by atoms with Crippen molar-refractivity contribution in [2.75, 3.05) is 4.72 Å². The number of hydrogen-bond donors (Lipinski definition) is 2. The van der Waals surface area contributed by atoms with Gasteiger partial charge in [0.15, 0.2) is 0 Å². The maximum atomic E-state index is 12.4. The average molecular weight is 291 g/mol. The third-order valence-electron chi connectivity index (χ3n) is 3.03. The van der Waals surface area contributed by atoms with Crippen LogP contribution in [0.1, 0.15) is 16.7 Å². The number of sulfonamides is 1. The maximum absolute atomic E-state index is 12.4. The summed E-state index contributed by atoms with van der Waals surface area (Å²) in [7, 11) is -3.61. The molecule has 6 heteroatoms. The minimum Gasteiger partial charge on any atom is -0.326 e. The third-order valence-corrected chi connectivity index (χ3v) is 4.55. The minimum atomic E-state index is -3.61. The first-order valence-corrected chi connectivity index (χ1v) is 7.65. The summed E-state index contributed by atoms with van der Waals surface area (Å²) in [5.74, 6) is 0. The predicted molar refractivity (Wildman–Crippen MR) is 78.9 cm³/mol. The summed E-state index contributed by atoms with van der Waals surface area (Å²) in [5.41, 5.74) is 8.43. The number of benzene rings is 1. The number of hydrogen-bond acceptors (Lipinski definition) is 4. The quantitative estimate of drug-likeness (QED) is 0.901. The van der Waals surface area contributed by atoms with Crippen LogP contribution in [0.25, 0.3) is 0 Å². The van der Waals surface area contributed by atoms with Crippen LogP contribution in [-0.4, -0.2) is 13.4 Å². The molecule has 3 N–H and O–H groups in total. The van der Waals surface area contributed by atoms with Gasteiger partial charge in [0.1, 0.15) is 0 Å². The van der Waals surface area contributed by atoms with E-state index in [2.05, 4.69) is 9.71 Å². The van der Waals surface area contributed by atoms with Crippen LogP contribution in [0.3, 0.4) is 0 Å². The van der Waals surface area contributed by atoms with Crippen molar-refractivity contribution in [2.24, 2.45) is 5.73 Å². The SMILES string of the molecule is Cc1cnccc1NS(=O)(=O)c1ccc(CN)cc1C. The molecule has 1 aromatic carbocycles. The standard InChI is InChI=1S/C14H17N3O2S/c1-10-7-12(8-15)3-4-14(10)20(18,19)17-13-5-6-16-9-11(13)2/h3-7,9H,8,15H2,1-2H3,(H,16,17). The van der Waals surface area contributed by atoms with Gasteiger partial charge in [0.2, 0.25) is 0 Å². The van der Waals surface area contributed by atoms with Crippen LogP contribution in [-0.2, 0) is 16.6 Å². The molecule has 1 heterocycles. The Morgan fingerprint density at radius 1 is 1.20 bits per heavy atom. The van der Waals surface area contributed by atoms with E-state index in [4.69, 9.17) is 5.73 Å². The zero-order valence-electron chi connectivity index (χ0n) is 11.4. The molecule has 0 aliphatic heterocycles. The summed E-state index contributed by atoms with van der Waals surface area (Å²) < 4.78 is 27.4. The van der Waals surface area contributed by atoms with Crippen LogP contribution in [0, 0.1) is 13.8 Å². The molecule has 0 saturated heterocycles. The minimum absolute atomic E-state index is 0.255. The van der Waals surface area contributed by atoms with Crippen LogP contribution in [0.2, 0.25) is 0 Å². The van der Waals surface area contributed by atoms with Crippen molar-refractivity contribution in [3.05, 3.63) is 53.3 Å². The molecule has 1 aromatic heterocycles. The average Bonchev–Trinajstić information content (AvgIpc) is 2.40. The lowest BCUT2D eigenvalue weighted by Gasteiger charge is -2.12. The molecule has 0 spiro atoms. The van der Waals surface area contributed by atoms with Crippen LogP contribution in [0.15, 0.2) is 41.6 Å². The molecule has 0 fully saturated rings. The van der Waals surface area contributed by atoms with Crippen molar-refractivity contribution in [3.63, 3.8) is 0 Å². The molecule has 2 rings (SSSR count). The molecule has 106 valence electrons. The summed E-state index contributed by atoms with van der Waals surface area (Å²) in [5, 5.41) is 0. The Kier molecular flexibility index (Phi) is 4.06. The number of pyridine rings is 1. The highest BCUT2D eigenvalue weighted by Crippen LogP contribution is 2.21. The lowest BCUT2D eigenvalue weighted by molar-refractivity contribution is 0.600. The zero-order chi connectivity index (χ0) is 14.8. The molecule has 0 saturated carbocycles. The molecule has 0 aliphatic carbocycles. The van der Waals surface area contributed by atoms with Gasteiger partial charge in [0.25, 0.3) is 10.0 Å². The van der Waals surface area contributed by atoms with Gasteiger partial charge in [-0.15, -0.1) is 0 Å². The van der Waals surface area contributed by atoms with Gasteiger partial charge in [-0.3, -0.25) is 9.71 Å². The predicted octanol–water partition coefficient (Wildman–Crippen LogP) is 1.96. The van der Waals surface area contributed by atoms with Gasteiger partial charge in [-0.25, -0.2) is 8.42 Å². The maximum Gasteiger partial charge on any atom is 0.262 e. The zero-order valence-corrected chi connectivity index (χ0v) is 12.2. The van der Waals surface area contributed by atoms with Crippen molar-refractivity contribution in [1.82, 2.24) is 4.98 Å². The molecule has 0 unspecified atom stereocenters. The second kappa shape index (κ2) is 5.60. The molecule has 0 amide bonds. The molecule has 0 atom stereocenters. The molecular formula is C14H17N3O2S. The second-order valence-corrected chi connectivity index (χ2v) is 6.25. The van der Waals surface area contributed by atoms with Gasteiger partial charge in [0.05, 0.1) is 10.6 Å². The highest BCUT2D eigenvalue weighted by molar-refractivity contribution is 7.92. The van der Waals surface area contributed by atoms with E-state index in [0.717, 1.165) is 11.1 Å². The third kappa shape index (κ3) is 2.97. The number of nitrogens with zero attached hydrogens (tertiary/aromatic N) is 1. The molecule has 0 aliphatic rings. The fourth-order valence-corrected chi connectivity index (χ4v) is 3.29. The molecular weight excluding hydrogens is 274 g/mol. The van der Waals surface area contributed by atoms with Gasteiger partial charge in [-0.2, -0.15) is 0 Å². The topological polar surface area (TPSA) is 85.1 Å². The Balaban J connectivity index is 2.39. The number of nitrogens with two attached hydrogens (primary N) is 1. The molecule has 0 bridgehead atoms. The first-order chi connectivity index (χ1) is 9.44. The summed E-state index contributed by atoms with van der Waals surface area (Å²) in [4.78, 5) is 4.19. The Hall–Kier alpha value is -1.92. The molecule has 2 aromatic rings.